The summed E-state index contributed by atoms with van der Waals surface area (Å²) in [5, 5.41) is 17.2. The van der Waals surface area contributed by atoms with Crippen LogP contribution in [-0.2, 0) is 9.59 Å². The van der Waals surface area contributed by atoms with E-state index >= 15 is 0 Å². The molecule has 2 aliphatic rings. The number of hydrazone groups is 1. The van der Waals surface area contributed by atoms with Gasteiger partial charge in [-0.3, -0.25) is 14.4 Å². The Kier molecular flexibility index (Phi) is 5.76. The van der Waals surface area contributed by atoms with Crippen molar-refractivity contribution in [2.75, 3.05) is 24.0 Å². The minimum Gasteiger partial charge on any atom is -0.507 e. The zero-order valence-electron chi connectivity index (χ0n) is 20.2. The molecule has 3 aromatic rings. The van der Waals surface area contributed by atoms with Crippen molar-refractivity contribution in [2.45, 2.75) is 12.8 Å². The van der Waals surface area contributed by atoms with Crippen molar-refractivity contribution < 1.29 is 19.5 Å². The molecule has 7 nitrogen and oxygen atoms in total. The average Bonchev–Trinajstić information content (AvgIpc) is 3.19. The van der Waals surface area contributed by atoms with Crippen LogP contribution in [0.2, 0.25) is 0 Å². The van der Waals surface area contributed by atoms with Crippen molar-refractivity contribution in [3.63, 3.8) is 0 Å². The van der Waals surface area contributed by atoms with E-state index in [1.165, 1.54) is 11.1 Å². The number of carbonyl (C=O) groups is 3. The van der Waals surface area contributed by atoms with Crippen molar-refractivity contribution in [1.29, 1.82) is 0 Å². The number of nitrogens with zero attached hydrogens (tertiary/aromatic N) is 3. The van der Waals surface area contributed by atoms with Gasteiger partial charge in [0, 0.05) is 42.5 Å². The first kappa shape index (κ1) is 23.2. The van der Waals surface area contributed by atoms with Gasteiger partial charge in [0.25, 0.3) is 5.91 Å². The summed E-state index contributed by atoms with van der Waals surface area (Å²) in [6.45, 7) is 1.73. The lowest BCUT2D eigenvalue weighted by atomic mass is 9.72. The zero-order valence-corrected chi connectivity index (χ0v) is 20.2. The van der Waals surface area contributed by atoms with Gasteiger partial charge < -0.3 is 10.0 Å². The molecular formula is C29H25N3O4. The van der Waals surface area contributed by atoms with Crippen LogP contribution in [0.1, 0.15) is 34.3 Å². The van der Waals surface area contributed by atoms with Crippen molar-refractivity contribution >= 4 is 40.3 Å². The molecule has 1 heterocycles. The van der Waals surface area contributed by atoms with Gasteiger partial charge in [-0.25, -0.2) is 5.01 Å². The molecule has 2 atom stereocenters. The summed E-state index contributed by atoms with van der Waals surface area (Å²) in [5.41, 5.74) is 3.00. The Morgan fingerprint density at radius 3 is 2.08 bits per heavy atom. The van der Waals surface area contributed by atoms with E-state index < -0.39 is 23.4 Å². The molecule has 0 aromatic heterocycles. The Labute approximate surface area is 209 Å². The largest absolute Gasteiger partial charge is 0.507 e. The van der Waals surface area contributed by atoms with Crippen LogP contribution in [0.15, 0.2) is 89.5 Å². The van der Waals surface area contributed by atoms with Gasteiger partial charge in [-0.2, -0.15) is 5.10 Å². The van der Waals surface area contributed by atoms with E-state index in [0.29, 0.717) is 17.0 Å². The lowest BCUT2D eigenvalue weighted by Gasteiger charge is -2.29. The maximum absolute atomic E-state index is 13.8. The number of allylic oxidation sites excluding steroid dienone is 1. The van der Waals surface area contributed by atoms with Crippen molar-refractivity contribution in [1.82, 2.24) is 0 Å². The average molecular weight is 480 g/mol. The molecule has 0 spiro atoms. The Balaban J connectivity index is 1.70. The summed E-state index contributed by atoms with van der Waals surface area (Å²) in [4.78, 5) is 42.3. The molecule has 0 saturated heterocycles. The third-order valence-electron chi connectivity index (χ3n) is 6.73. The van der Waals surface area contributed by atoms with Crippen LogP contribution in [0.5, 0.6) is 0 Å². The summed E-state index contributed by atoms with van der Waals surface area (Å²) in [5.74, 6) is -3.92. The molecule has 0 fully saturated rings. The van der Waals surface area contributed by atoms with E-state index in [0.717, 1.165) is 5.69 Å². The number of hydrogen-bond acceptors (Lipinski definition) is 6. The number of ketones is 2. The van der Waals surface area contributed by atoms with E-state index in [1.54, 1.807) is 37.3 Å². The number of anilines is 2. The number of para-hydroxylation sites is 1. The molecule has 36 heavy (non-hydrogen) atoms. The van der Waals surface area contributed by atoms with Gasteiger partial charge in [-0.15, -0.1) is 0 Å². The Morgan fingerprint density at radius 1 is 0.833 bits per heavy atom. The number of benzene rings is 3. The molecule has 2 unspecified atom stereocenters. The molecule has 7 heteroatoms. The molecule has 1 N–H and O–H groups in total. The summed E-state index contributed by atoms with van der Waals surface area (Å²) in [6.07, 6.45) is 0. The Morgan fingerprint density at radius 2 is 1.44 bits per heavy atom. The second kappa shape index (κ2) is 8.92. The number of aliphatic hydroxyl groups excluding tert-OH is 1. The molecule has 180 valence electrons. The molecule has 0 bridgehead atoms. The summed E-state index contributed by atoms with van der Waals surface area (Å²) >= 11 is 0. The second-order valence-electron chi connectivity index (χ2n) is 9.13. The maximum Gasteiger partial charge on any atom is 0.257 e. The van der Waals surface area contributed by atoms with E-state index in [2.05, 4.69) is 5.10 Å². The highest BCUT2D eigenvalue weighted by molar-refractivity contribution is 6.52. The topological polar surface area (TPSA) is 90.3 Å². The second-order valence-corrected chi connectivity index (χ2v) is 9.13. The van der Waals surface area contributed by atoms with Crippen LogP contribution < -0.4 is 9.91 Å². The van der Waals surface area contributed by atoms with Gasteiger partial charge in [0.1, 0.15) is 5.76 Å². The predicted octanol–water partition coefficient (Wildman–Crippen LogP) is 4.61. The summed E-state index contributed by atoms with van der Waals surface area (Å²) in [7, 11) is 3.83. The highest BCUT2D eigenvalue weighted by Crippen LogP contribution is 2.43. The number of rotatable bonds is 5. The predicted molar refractivity (Wildman–Crippen MR) is 139 cm³/mol. The number of Topliss-reactive ketones (excluding diaryl/α,β-unsaturated/α-hetero) is 2. The Hall–Kier alpha value is -4.52. The van der Waals surface area contributed by atoms with Crippen molar-refractivity contribution in [3.8, 4) is 0 Å². The molecule has 1 aliphatic heterocycles. The highest BCUT2D eigenvalue weighted by atomic mass is 16.3. The third kappa shape index (κ3) is 3.69. The molecule has 1 amide bonds. The van der Waals surface area contributed by atoms with Crippen LogP contribution in [0.3, 0.4) is 0 Å². The maximum atomic E-state index is 13.8. The molecule has 0 radical (unpaired) electrons. The van der Waals surface area contributed by atoms with Gasteiger partial charge in [0.2, 0.25) is 11.6 Å². The molecule has 1 aliphatic carbocycles. The fourth-order valence-corrected chi connectivity index (χ4v) is 4.90. The molecule has 0 saturated carbocycles. The highest BCUT2D eigenvalue weighted by Gasteiger charge is 2.47. The molecule has 3 aromatic carbocycles. The minimum atomic E-state index is -0.906. The van der Waals surface area contributed by atoms with Gasteiger partial charge in [0.15, 0.2) is 0 Å². The normalized spacial score (nSPS) is 18.3. The first-order valence-electron chi connectivity index (χ1n) is 11.6. The van der Waals surface area contributed by atoms with Crippen LogP contribution in [-0.4, -0.2) is 42.4 Å². The van der Waals surface area contributed by atoms with E-state index in [1.807, 2.05) is 61.5 Å². The first-order valence-corrected chi connectivity index (χ1v) is 11.6. The lowest BCUT2D eigenvalue weighted by Crippen LogP contribution is -2.36. The lowest BCUT2D eigenvalue weighted by molar-refractivity contribution is -0.120. The Bertz CT molecular complexity index is 1440. The fraction of sp³-hybridized carbons (Fsp3) is 0.172. The van der Waals surface area contributed by atoms with Crippen molar-refractivity contribution in [3.05, 3.63) is 101 Å². The van der Waals surface area contributed by atoms with Gasteiger partial charge in [-0.05, 0) is 36.8 Å². The van der Waals surface area contributed by atoms with E-state index in [-0.39, 0.29) is 28.4 Å². The SMILES string of the molecule is CC1=NN(c2ccccc2)C(=O)C1C(C1=C(O)c2ccccc2C(=O)C1=O)c1ccc(N(C)C)cc1. The van der Waals surface area contributed by atoms with E-state index in [4.69, 9.17) is 0 Å². The fourth-order valence-electron chi connectivity index (χ4n) is 4.90. The van der Waals surface area contributed by atoms with Crippen LogP contribution in [0, 0.1) is 5.92 Å². The monoisotopic (exact) mass is 479 g/mol. The number of fused-ring (bicyclic) bond motifs is 1. The van der Waals surface area contributed by atoms with Gasteiger partial charge in [-0.1, -0.05) is 54.6 Å². The molecular weight excluding hydrogens is 454 g/mol. The standard InChI is InChI=1S/C29H25N3O4/c1-17-23(29(36)32(30-17)20-9-5-4-6-10-20)24(18-13-15-19(16-14-18)31(2)3)25-26(33)21-11-7-8-12-22(21)27(34)28(25)35/h4-16,23-24,33H,1-3H3. The smallest absolute Gasteiger partial charge is 0.257 e. The zero-order chi connectivity index (χ0) is 25.6. The van der Waals surface area contributed by atoms with Crippen LogP contribution in [0.4, 0.5) is 11.4 Å². The number of hydrogen-bond donors (Lipinski definition) is 1. The van der Waals surface area contributed by atoms with Crippen LogP contribution >= 0.6 is 0 Å². The van der Waals surface area contributed by atoms with Crippen molar-refractivity contribution in [2.24, 2.45) is 11.0 Å². The summed E-state index contributed by atoms with van der Waals surface area (Å²) < 4.78 is 0. The number of amides is 1. The van der Waals surface area contributed by atoms with Gasteiger partial charge >= 0.3 is 0 Å². The summed E-state index contributed by atoms with van der Waals surface area (Å²) in [6, 6.07) is 22.9. The van der Waals surface area contributed by atoms with E-state index in [9.17, 15) is 19.5 Å². The van der Waals surface area contributed by atoms with Gasteiger partial charge in [0.05, 0.1) is 17.2 Å². The minimum absolute atomic E-state index is 0.0842. The first-order chi connectivity index (χ1) is 17.3. The number of carbonyl (C=O) groups excluding carboxylic acids is 3. The quantitative estimate of drug-likeness (QED) is 0.540. The number of aliphatic hydroxyl groups is 1. The van der Waals surface area contributed by atoms with Crippen LogP contribution in [0.25, 0.3) is 5.76 Å². The molecule has 5 rings (SSSR count). The third-order valence-corrected chi connectivity index (χ3v) is 6.73.